The molecule has 1 aliphatic rings. The Morgan fingerprint density at radius 1 is 1.19 bits per heavy atom. The van der Waals surface area contributed by atoms with E-state index < -0.39 is 0 Å². The van der Waals surface area contributed by atoms with Crippen LogP contribution >= 0.6 is 0 Å². The quantitative estimate of drug-likeness (QED) is 0.850. The fourth-order valence-corrected chi connectivity index (χ4v) is 2.76. The third-order valence-corrected chi connectivity index (χ3v) is 3.88. The van der Waals surface area contributed by atoms with Crippen molar-refractivity contribution in [3.63, 3.8) is 0 Å². The molecule has 110 valence electrons. The minimum absolute atomic E-state index is 0.0702. The Labute approximate surface area is 124 Å². The zero-order chi connectivity index (χ0) is 14.7. The van der Waals surface area contributed by atoms with Crippen LogP contribution in [0.5, 0.6) is 0 Å². The monoisotopic (exact) mass is 285 g/mol. The second-order valence-corrected chi connectivity index (χ2v) is 5.28. The number of hydrogen-bond acceptors (Lipinski definition) is 4. The molecule has 1 aromatic heterocycles. The summed E-state index contributed by atoms with van der Waals surface area (Å²) < 4.78 is 5.10. The lowest BCUT2D eigenvalue weighted by Crippen LogP contribution is -2.35. The Balaban J connectivity index is 1.70. The van der Waals surface area contributed by atoms with Crippen LogP contribution in [-0.2, 0) is 0 Å². The fourth-order valence-electron chi connectivity index (χ4n) is 2.76. The van der Waals surface area contributed by atoms with Gasteiger partial charge in [0.25, 0.3) is 5.91 Å². The molecule has 3 rings (SSSR count). The lowest BCUT2D eigenvalue weighted by Gasteiger charge is -2.25. The van der Waals surface area contributed by atoms with Gasteiger partial charge in [0, 0.05) is 31.9 Å². The highest BCUT2D eigenvalue weighted by atomic mass is 16.3. The van der Waals surface area contributed by atoms with Crippen LogP contribution in [0.1, 0.15) is 22.5 Å². The number of amides is 1. The van der Waals surface area contributed by atoms with Crippen molar-refractivity contribution in [1.82, 2.24) is 9.88 Å². The normalized spacial score (nSPS) is 15.9. The summed E-state index contributed by atoms with van der Waals surface area (Å²) in [5.74, 6) is 0.249. The van der Waals surface area contributed by atoms with Gasteiger partial charge in [-0.05, 0) is 25.0 Å². The van der Waals surface area contributed by atoms with Gasteiger partial charge in [0.1, 0.15) is 0 Å². The van der Waals surface area contributed by atoms with Crippen molar-refractivity contribution < 1.29 is 9.21 Å². The highest BCUT2D eigenvalue weighted by Crippen LogP contribution is 2.21. The molecule has 1 aliphatic heterocycles. The number of oxazole rings is 1. The van der Waals surface area contributed by atoms with E-state index >= 15 is 0 Å². The standard InChI is InChI=1S/C16H19N3O2/c1-13-5-2-3-6-14(13)18-7-4-8-19(10-9-18)16(20)15-11-17-12-21-15/h2-3,5-6,11-12H,4,7-10H2,1H3. The van der Waals surface area contributed by atoms with E-state index in [1.807, 2.05) is 4.90 Å². The second kappa shape index (κ2) is 5.99. The van der Waals surface area contributed by atoms with E-state index in [2.05, 4.69) is 41.1 Å². The predicted molar refractivity (Wildman–Crippen MR) is 80.4 cm³/mol. The molecule has 0 saturated carbocycles. The van der Waals surface area contributed by atoms with Crippen molar-refractivity contribution in [3.8, 4) is 0 Å². The van der Waals surface area contributed by atoms with Gasteiger partial charge in [0.15, 0.2) is 6.39 Å². The number of para-hydroxylation sites is 1. The topological polar surface area (TPSA) is 49.6 Å². The number of carbonyl (C=O) groups is 1. The van der Waals surface area contributed by atoms with Gasteiger partial charge in [-0.25, -0.2) is 4.98 Å². The van der Waals surface area contributed by atoms with Crippen LogP contribution in [0.2, 0.25) is 0 Å². The van der Waals surface area contributed by atoms with E-state index in [9.17, 15) is 4.79 Å². The molecule has 1 aromatic carbocycles. The molecule has 2 aromatic rings. The molecule has 0 spiro atoms. The van der Waals surface area contributed by atoms with E-state index in [1.165, 1.54) is 23.8 Å². The van der Waals surface area contributed by atoms with Gasteiger partial charge < -0.3 is 14.2 Å². The van der Waals surface area contributed by atoms with Crippen LogP contribution in [0.25, 0.3) is 0 Å². The molecule has 21 heavy (non-hydrogen) atoms. The van der Waals surface area contributed by atoms with Gasteiger partial charge in [-0.15, -0.1) is 0 Å². The van der Waals surface area contributed by atoms with E-state index in [0.717, 1.165) is 26.1 Å². The number of hydrogen-bond donors (Lipinski definition) is 0. The number of aryl methyl sites for hydroxylation is 1. The van der Waals surface area contributed by atoms with Gasteiger partial charge in [-0.2, -0.15) is 0 Å². The lowest BCUT2D eigenvalue weighted by molar-refractivity contribution is 0.0735. The third-order valence-electron chi connectivity index (χ3n) is 3.88. The predicted octanol–water partition coefficient (Wildman–Crippen LogP) is 2.34. The number of aromatic nitrogens is 1. The molecule has 0 bridgehead atoms. The Morgan fingerprint density at radius 3 is 2.81 bits per heavy atom. The van der Waals surface area contributed by atoms with Crippen molar-refractivity contribution in [1.29, 1.82) is 0 Å². The van der Waals surface area contributed by atoms with Crippen LogP contribution in [0, 0.1) is 6.92 Å². The molecule has 0 N–H and O–H groups in total. The molecule has 5 nitrogen and oxygen atoms in total. The molecular weight excluding hydrogens is 266 g/mol. The zero-order valence-corrected chi connectivity index (χ0v) is 12.2. The summed E-state index contributed by atoms with van der Waals surface area (Å²) in [5, 5.41) is 0. The summed E-state index contributed by atoms with van der Waals surface area (Å²) in [7, 11) is 0. The lowest BCUT2D eigenvalue weighted by atomic mass is 10.2. The number of anilines is 1. The van der Waals surface area contributed by atoms with Gasteiger partial charge >= 0.3 is 0 Å². The third kappa shape index (κ3) is 2.91. The Hall–Kier alpha value is -2.30. The molecule has 0 aliphatic carbocycles. The highest BCUT2D eigenvalue weighted by molar-refractivity contribution is 5.91. The van der Waals surface area contributed by atoms with Crippen molar-refractivity contribution >= 4 is 11.6 Å². The molecule has 1 amide bonds. The van der Waals surface area contributed by atoms with E-state index in [1.54, 1.807) is 0 Å². The summed E-state index contributed by atoms with van der Waals surface area (Å²) in [6.07, 6.45) is 3.73. The number of carbonyl (C=O) groups excluding carboxylic acids is 1. The smallest absolute Gasteiger partial charge is 0.291 e. The van der Waals surface area contributed by atoms with Crippen LogP contribution in [0.4, 0.5) is 5.69 Å². The summed E-state index contributed by atoms with van der Waals surface area (Å²) >= 11 is 0. The molecule has 1 saturated heterocycles. The maximum absolute atomic E-state index is 12.3. The van der Waals surface area contributed by atoms with E-state index in [4.69, 9.17) is 4.42 Å². The van der Waals surface area contributed by atoms with Crippen LogP contribution in [0.3, 0.4) is 0 Å². The molecular formula is C16H19N3O2. The summed E-state index contributed by atoms with van der Waals surface area (Å²) in [6, 6.07) is 8.38. The maximum atomic E-state index is 12.3. The first kappa shape index (κ1) is 13.7. The van der Waals surface area contributed by atoms with E-state index in [-0.39, 0.29) is 5.91 Å². The van der Waals surface area contributed by atoms with E-state index in [0.29, 0.717) is 12.3 Å². The summed E-state index contributed by atoms with van der Waals surface area (Å²) in [4.78, 5) is 20.3. The first-order valence-electron chi connectivity index (χ1n) is 7.24. The summed E-state index contributed by atoms with van der Waals surface area (Å²) in [6.45, 7) is 5.38. The molecule has 0 unspecified atom stereocenters. The largest absolute Gasteiger partial charge is 0.438 e. The molecule has 0 atom stereocenters. The van der Waals surface area contributed by atoms with Gasteiger partial charge in [0.05, 0.1) is 6.20 Å². The highest BCUT2D eigenvalue weighted by Gasteiger charge is 2.22. The Morgan fingerprint density at radius 2 is 2.05 bits per heavy atom. The first-order chi connectivity index (χ1) is 10.3. The van der Waals surface area contributed by atoms with Crippen LogP contribution in [0.15, 0.2) is 41.3 Å². The van der Waals surface area contributed by atoms with Crippen molar-refractivity contribution in [3.05, 3.63) is 48.2 Å². The number of benzene rings is 1. The first-order valence-corrected chi connectivity index (χ1v) is 7.24. The van der Waals surface area contributed by atoms with Crippen molar-refractivity contribution in [2.45, 2.75) is 13.3 Å². The van der Waals surface area contributed by atoms with Crippen molar-refractivity contribution in [2.24, 2.45) is 0 Å². The SMILES string of the molecule is Cc1ccccc1N1CCCN(C(=O)c2cnco2)CC1. The molecule has 0 radical (unpaired) electrons. The van der Waals surface area contributed by atoms with Gasteiger partial charge in [-0.1, -0.05) is 18.2 Å². The van der Waals surface area contributed by atoms with Gasteiger partial charge in [0.2, 0.25) is 5.76 Å². The molecule has 2 heterocycles. The zero-order valence-electron chi connectivity index (χ0n) is 12.2. The number of nitrogens with zero attached hydrogens (tertiary/aromatic N) is 3. The minimum Gasteiger partial charge on any atom is -0.438 e. The second-order valence-electron chi connectivity index (χ2n) is 5.28. The fraction of sp³-hybridized carbons (Fsp3) is 0.375. The molecule has 5 heteroatoms. The Kier molecular flexibility index (Phi) is 3.90. The average Bonchev–Trinajstić information content (AvgIpc) is 2.92. The van der Waals surface area contributed by atoms with Crippen molar-refractivity contribution in [2.75, 3.05) is 31.1 Å². The average molecular weight is 285 g/mol. The summed E-state index contributed by atoms with van der Waals surface area (Å²) in [5.41, 5.74) is 2.53. The van der Waals surface area contributed by atoms with Crippen LogP contribution < -0.4 is 4.90 Å². The maximum Gasteiger partial charge on any atom is 0.291 e. The number of rotatable bonds is 2. The van der Waals surface area contributed by atoms with Crippen LogP contribution in [-0.4, -0.2) is 42.0 Å². The minimum atomic E-state index is -0.0702. The molecule has 1 fully saturated rings. The van der Waals surface area contributed by atoms with Gasteiger partial charge in [-0.3, -0.25) is 4.79 Å². The Bertz CT molecular complexity index is 610.